The van der Waals surface area contributed by atoms with E-state index in [0.717, 1.165) is 6.42 Å². The summed E-state index contributed by atoms with van der Waals surface area (Å²) in [5.74, 6) is -3.84. The van der Waals surface area contributed by atoms with Crippen molar-refractivity contribution in [3.05, 3.63) is 35.6 Å². The molecule has 11 atom stereocenters. The molecule has 1 aromatic rings. The molecule has 1 saturated heterocycles. The van der Waals surface area contributed by atoms with Gasteiger partial charge in [0.25, 0.3) is 0 Å². The molecule has 14 heteroatoms. The smallest absolute Gasteiger partial charge is 0.326 e. The predicted molar refractivity (Wildman–Crippen MR) is 203 cm³/mol. The summed E-state index contributed by atoms with van der Waals surface area (Å²) in [5, 5.41) is 18.5. The highest BCUT2D eigenvalue weighted by molar-refractivity contribution is 5.90. The molecule has 1 heterocycles. The lowest BCUT2D eigenvalue weighted by atomic mass is 9.89. The van der Waals surface area contributed by atoms with Gasteiger partial charge < -0.3 is 40.3 Å². The fourth-order valence-corrected chi connectivity index (χ4v) is 8.15. The number of amides is 4. The second kappa shape index (κ2) is 19.8. The van der Waals surface area contributed by atoms with Crippen LogP contribution in [0.5, 0.6) is 0 Å². The first-order valence-electron chi connectivity index (χ1n) is 19.3. The number of fused-ring (bicyclic) bond motifs is 1. The van der Waals surface area contributed by atoms with E-state index in [9.17, 15) is 33.5 Å². The van der Waals surface area contributed by atoms with Gasteiger partial charge in [-0.05, 0) is 61.3 Å². The fraction of sp³-hybridized carbons (Fsp3) is 0.725. The molecule has 3 rings (SSSR count). The van der Waals surface area contributed by atoms with Gasteiger partial charge in [0, 0.05) is 33.7 Å². The van der Waals surface area contributed by atoms with Crippen molar-refractivity contribution in [1.29, 1.82) is 0 Å². The van der Waals surface area contributed by atoms with Crippen LogP contribution in [0.4, 0.5) is 4.39 Å². The van der Waals surface area contributed by atoms with Crippen LogP contribution in [0.1, 0.15) is 79.7 Å². The van der Waals surface area contributed by atoms with Crippen molar-refractivity contribution in [3.63, 3.8) is 0 Å². The highest BCUT2D eigenvalue weighted by Gasteiger charge is 2.57. The largest absolute Gasteiger partial charge is 0.480 e. The van der Waals surface area contributed by atoms with Gasteiger partial charge in [0.05, 0.1) is 42.7 Å². The van der Waals surface area contributed by atoms with Gasteiger partial charge in [0.15, 0.2) is 0 Å². The van der Waals surface area contributed by atoms with Gasteiger partial charge in [-0.2, -0.15) is 0 Å². The fourth-order valence-electron chi connectivity index (χ4n) is 8.15. The van der Waals surface area contributed by atoms with E-state index in [1.165, 1.54) is 32.4 Å². The second-order valence-corrected chi connectivity index (χ2v) is 15.9. The van der Waals surface area contributed by atoms with Crippen LogP contribution in [0.3, 0.4) is 0 Å². The zero-order valence-electron chi connectivity index (χ0n) is 33.9. The van der Waals surface area contributed by atoms with Crippen molar-refractivity contribution < 1.29 is 42.9 Å². The molecule has 0 radical (unpaired) electrons. The van der Waals surface area contributed by atoms with Crippen molar-refractivity contribution in [2.24, 2.45) is 29.6 Å². The SMILES string of the molecule is CC[C@H](C)[C@@H](C(CC(=O)N1C2C[C@H]2C[C@H]1[C@H](OC)[C@@H](C)C(=O)N[C@@H](Cc1cccc(F)c1)C(=O)O)OC)N(C)C(=O)[C@@H](NC(=O)[C@@H](NC)C(C)C)C(C)C. The van der Waals surface area contributed by atoms with Crippen LogP contribution in [0.15, 0.2) is 24.3 Å². The number of aliphatic carboxylic acids is 1. The molecule has 4 N–H and O–H groups in total. The van der Waals surface area contributed by atoms with Crippen molar-refractivity contribution in [3.8, 4) is 0 Å². The number of likely N-dealkylation sites (N-methyl/N-ethyl adjacent to an activating group) is 2. The summed E-state index contributed by atoms with van der Waals surface area (Å²) in [6, 6.07) is 2.06. The molecule has 1 aromatic carbocycles. The van der Waals surface area contributed by atoms with Crippen molar-refractivity contribution in [2.75, 3.05) is 28.3 Å². The third kappa shape index (κ3) is 10.8. The van der Waals surface area contributed by atoms with Gasteiger partial charge in [0.1, 0.15) is 17.9 Å². The summed E-state index contributed by atoms with van der Waals surface area (Å²) in [5.41, 5.74) is 0.431. The monoisotopic (exact) mass is 761 g/mol. The van der Waals surface area contributed by atoms with E-state index in [0.29, 0.717) is 18.4 Å². The molecule has 4 amide bonds. The highest BCUT2D eigenvalue weighted by Crippen LogP contribution is 2.50. The van der Waals surface area contributed by atoms with E-state index < -0.39 is 66.0 Å². The van der Waals surface area contributed by atoms with Crippen LogP contribution in [0, 0.1) is 35.4 Å². The molecule has 0 aromatic heterocycles. The Morgan fingerprint density at radius 2 is 1.61 bits per heavy atom. The number of methoxy groups -OCH3 is 2. The van der Waals surface area contributed by atoms with E-state index >= 15 is 0 Å². The average Bonchev–Trinajstić information content (AvgIpc) is 3.78. The molecular weight excluding hydrogens is 697 g/mol. The normalized spacial score (nSPS) is 22.3. The molecule has 1 aliphatic heterocycles. The van der Waals surface area contributed by atoms with E-state index in [-0.39, 0.29) is 60.3 Å². The lowest BCUT2D eigenvalue weighted by molar-refractivity contribution is -0.149. The lowest BCUT2D eigenvalue weighted by Gasteiger charge is -2.41. The molecule has 2 aliphatic rings. The number of hydrogen-bond acceptors (Lipinski definition) is 8. The Balaban J connectivity index is 1.80. The molecule has 1 saturated carbocycles. The highest BCUT2D eigenvalue weighted by atomic mass is 19.1. The number of carbonyl (C=O) groups excluding carboxylic acids is 4. The first-order valence-corrected chi connectivity index (χ1v) is 19.3. The summed E-state index contributed by atoms with van der Waals surface area (Å²) >= 11 is 0. The van der Waals surface area contributed by atoms with E-state index in [4.69, 9.17) is 9.47 Å². The van der Waals surface area contributed by atoms with Gasteiger partial charge in [-0.3, -0.25) is 19.2 Å². The number of piperidine rings is 1. The number of likely N-dealkylation sites (tertiary alicyclic amines) is 1. The summed E-state index contributed by atoms with van der Waals surface area (Å²) < 4.78 is 25.7. The number of carboxylic acids is 1. The molecule has 304 valence electrons. The Morgan fingerprint density at radius 1 is 0.963 bits per heavy atom. The molecule has 0 spiro atoms. The number of rotatable bonds is 21. The Bertz CT molecular complexity index is 1460. The van der Waals surface area contributed by atoms with E-state index in [1.807, 2.05) is 46.4 Å². The van der Waals surface area contributed by atoms with Crippen molar-refractivity contribution >= 4 is 29.6 Å². The molecule has 0 bridgehead atoms. The minimum absolute atomic E-state index is 0.0105. The lowest BCUT2D eigenvalue weighted by Crippen LogP contribution is -2.59. The molecule has 2 fully saturated rings. The molecular formula is C40H64FN5O8. The van der Waals surface area contributed by atoms with Crippen LogP contribution < -0.4 is 16.0 Å². The molecule has 13 nitrogen and oxygen atoms in total. The topological polar surface area (TPSA) is 167 Å². The molecule has 2 unspecified atom stereocenters. The van der Waals surface area contributed by atoms with E-state index in [2.05, 4.69) is 16.0 Å². The standard InChI is InChI=1S/C40H64FN5O8/c1-12-23(6)35(45(9)39(50)34(22(4)5)44-38(49)33(42-8)21(2)3)31(53-10)20-32(47)46-29-18-26(29)19-30(46)36(54-11)24(7)37(48)43-28(40(51)52)17-25-14-13-15-27(41)16-25/h13-16,21-24,26,28-31,33-36,42H,12,17-20H2,1-11H3,(H,43,48)(H,44,49)(H,51,52)/t23-,24+,26-,28-,29?,30-,31?,33-,34-,35-,36+/m0/s1. The number of hydrogen-bond donors (Lipinski definition) is 4. The Hall–Kier alpha value is -3.62. The number of nitrogens with one attached hydrogen (secondary N) is 3. The van der Waals surface area contributed by atoms with Crippen LogP contribution in [-0.2, 0) is 39.9 Å². The zero-order chi connectivity index (χ0) is 40.6. The third-order valence-corrected chi connectivity index (χ3v) is 11.5. The van der Waals surface area contributed by atoms with E-state index in [1.54, 1.807) is 32.0 Å². The van der Waals surface area contributed by atoms with Gasteiger partial charge >= 0.3 is 5.97 Å². The summed E-state index contributed by atoms with van der Waals surface area (Å²) in [6.45, 7) is 13.3. The van der Waals surface area contributed by atoms with Crippen LogP contribution >= 0.6 is 0 Å². The maximum absolute atomic E-state index is 14.4. The van der Waals surface area contributed by atoms with Gasteiger partial charge in [-0.1, -0.05) is 67.0 Å². The van der Waals surface area contributed by atoms with Crippen LogP contribution in [-0.4, -0.2) is 121 Å². The number of ether oxygens (including phenoxy) is 2. The zero-order valence-corrected chi connectivity index (χ0v) is 33.9. The molecule has 1 aliphatic carbocycles. The summed E-state index contributed by atoms with van der Waals surface area (Å²) in [7, 11) is 6.42. The van der Waals surface area contributed by atoms with Crippen LogP contribution in [0.2, 0.25) is 0 Å². The number of nitrogens with zero attached hydrogens (tertiary/aromatic N) is 2. The Labute approximate surface area is 320 Å². The maximum atomic E-state index is 14.4. The summed E-state index contributed by atoms with van der Waals surface area (Å²) in [4.78, 5) is 70.8. The Kier molecular flexibility index (Phi) is 16.4. The summed E-state index contributed by atoms with van der Waals surface area (Å²) in [6.07, 6.45) is 0.626. The minimum atomic E-state index is -1.29. The number of carboxylic acid groups (broad SMARTS) is 1. The van der Waals surface area contributed by atoms with Crippen molar-refractivity contribution in [2.45, 2.75) is 129 Å². The molecule has 54 heavy (non-hydrogen) atoms. The maximum Gasteiger partial charge on any atom is 0.326 e. The van der Waals surface area contributed by atoms with Crippen LogP contribution in [0.25, 0.3) is 0 Å². The first-order chi connectivity index (χ1) is 25.4. The number of carbonyl (C=O) groups is 5. The second-order valence-electron chi connectivity index (χ2n) is 15.9. The quantitative estimate of drug-likeness (QED) is 0.147. The Morgan fingerprint density at radius 3 is 2.13 bits per heavy atom. The van der Waals surface area contributed by atoms with Crippen molar-refractivity contribution in [1.82, 2.24) is 25.8 Å². The first kappa shape index (κ1) is 44.8. The number of halogens is 1. The van der Waals surface area contributed by atoms with Gasteiger partial charge in [-0.15, -0.1) is 0 Å². The number of benzene rings is 1. The van der Waals surface area contributed by atoms with Gasteiger partial charge in [-0.25, -0.2) is 9.18 Å². The minimum Gasteiger partial charge on any atom is -0.480 e. The predicted octanol–water partition coefficient (Wildman–Crippen LogP) is 3.24. The van der Waals surface area contributed by atoms with Gasteiger partial charge in [0.2, 0.25) is 23.6 Å². The third-order valence-electron chi connectivity index (χ3n) is 11.5. The average molecular weight is 762 g/mol.